The predicted octanol–water partition coefficient (Wildman–Crippen LogP) is 20.0. The topological polar surface area (TPSA) is 78.9 Å². The van der Waals surface area contributed by atoms with Gasteiger partial charge in [0.25, 0.3) is 0 Å². The largest absolute Gasteiger partial charge is 0.462 e. The molecule has 68 heavy (non-hydrogen) atoms. The van der Waals surface area contributed by atoms with Crippen molar-refractivity contribution in [1.29, 1.82) is 0 Å². The van der Waals surface area contributed by atoms with Gasteiger partial charge in [0.2, 0.25) is 0 Å². The molecule has 0 aliphatic rings. The van der Waals surface area contributed by atoms with Crippen molar-refractivity contribution in [1.82, 2.24) is 0 Å². The highest BCUT2D eigenvalue weighted by molar-refractivity contribution is 5.71. The molecule has 0 rings (SSSR count). The van der Waals surface area contributed by atoms with Crippen LogP contribution in [0.2, 0.25) is 0 Å². The fraction of sp³-hybridized carbons (Fsp3) is 0.855. The molecule has 0 amide bonds. The second-order valence-corrected chi connectivity index (χ2v) is 20.3. The molecule has 398 valence electrons. The molecule has 1 atom stereocenters. The highest BCUT2D eigenvalue weighted by atomic mass is 16.6. The summed E-state index contributed by atoms with van der Waals surface area (Å²) in [5.74, 6) is -0.871. The first-order valence-corrected chi connectivity index (χ1v) is 30.0. The van der Waals surface area contributed by atoms with Gasteiger partial charge in [0.15, 0.2) is 6.10 Å². The van der Waals surface area contributed by atoms with Crippen LogP contribution in [0.25, 0.3) is 0 Å². The number of allylic oxidation sites excluding steroid dienone is 6. The zero-order valence-electron chi connectivity index (χ0n) is 45.6. The average molecular weight is 956 g/mol. The minimum Gasteiger partial charge on any atom is -0.462 e. The smallest absolute Gasteiger partial charge is 0.306 e. The van der Waals surface area contributed by atoms with E-state index in [2.05, 4.69) is 57.2 Å². The number of ether oxygens (including phenoxy) is 3. The van der Waals surface area contributed by atoms with Crippen molar-refractivity contribution in [3.8, 4) is 0 Å². The van der Waals surface area contributed by atoms with Crippen LogP contribution in [-0.2, 0) is 28.6 Å². The summed E-state index contributed by atoms with van der Waals surface area (Å²) in [5.41, 5.74) is 0. The van der Waals surface area contributed by atoms with Gasteiger partial charge < -0.3 is 14.2 Å². The zero-order chi connectivity index (χ0) is 49.3. The maximum Gasteiger partial charge on any atom is 0.306 e. The Labute approximate surface area is 423 Å². The first-order chi connectivity index (χ1) is 33.5. The van der Waals surface area contributed by atoms with Crippen LogP contribution in [0.5, 0.6) is 0 Å². The lowest BCUT2D eigenvalue weighted by molar-refractivity contribution is -0.167. The van der Waals surface area contributed by atoms with Gasteiger partial charge in [0.05, 0.1) is 0 Å². The highest BCUT2D eigenvalue weighted by Gasteiger charge is 2.19. The third kappa shape index (κ3) is 54.6. The third-order valence-corrected chi connectivity index (χ3v) is 13.3. The van der Waals surface area contributed by atoms with Gasteiger partial charge in [-0.05, 0) is 70.6 Å². The summed E-state index contributed by atoms with van der Waals surface area (Å²) < 4.78 is 16.9. The van der Waals surface area contributed by atoms with Crippen LogP contribution in [-0.4, -0.2) is 37.2 Å². The van der Waals surface area contributed by atoms with Gasteiger partial charge in [-0.15, -0.1) is 0 Å². The molecule has 0 heterocycles. The van der Waals surface area contributed by atoms with Crippen LogP contribution in [0.3, 0.4) is 0 Å². The number of esters is 3. The summed E-state index contributed by atoms with van der Waals surface area (Å²) in [6, 6.07) is 0. The van der Waals surface area contributed by atoms with E-state index in [-0.39, 0.29) is 31.1 Å². The van der Waals surface area contributed by atoms with Gasteiger partial charge in [0, 0.05) is 19.3 Å². The Balaban J connectivity index is 4.32. The summed E-state index contributed by atoms with van der Waals surface area (Å²) in [4.78, 5) is 38.2. The molecule has 6 heteroatoms. The zero-order valence-corrected chi connectivity index (χ0v) is 45.6. The van der Waals surface area contributed by atoms with Gasteiger partial charge in [-0.2, -0.15) is 0 Å². The van der Waals surface area contributed by atoms with E-state index < -0.39 is 6.10 Å². The van der Waals surface area contributed by atoms with E-state index in [9.17, 15) is 14.4 Å². The number of carbonyl (C=O) groups excluding carboxylic acids is 3. The van der Waals surface area contributed by atoms with Crippen molar-refractivity contribution >= 4 is 17.9 Å². The van der Waals surface area contributed by atoms with E-state index in [0.29, 0.717) is 19.3 Å². The second kappa shape index (κ2) is 57.2. The molecule has 0 bridgehead atoms. The number of unbranched alkanes of at least 4 members (excludes halogenated alkanes) is 38. The average Bonchev–Trinajstić information content (AvgIpc) is 3.34. The summed E-state index contributed by atoms with van der Waals surface area (Å²) in [6.07, 6.45) is 68.5. The van der Waals surface area contributed by atoms with Gasteiger partial charge in [-0.3, -0.25) is 14.4 Å². The molecular formula is C62H114O6. The fourth-order valence-corrected chi connectivity index (χ4v) is 8.83. The predicted molar refractivity (Wildman–Crippen MR) is 293 cm³/mol. The van der Waals surface area contributed by atoms with Crippen LogP contribution in [0.1, 0.15) is 323 Å². The lowest BCUT2D eigenvalue weighted by Crippen LogP contribution is -2.30. The van der Waals surface area contributed by atoms with Crippen LogP contribution < -0.4 is 0 Å². The normalized spacial score (nSPS) is 12.2. The van der Waals surface area contributed by atoms with E-state index in [1.807, 2.05) is 0 Å². The Morgan fingerprint density at radius 2 is 0.559 bits per heavy atom. The highest BCUT2D eigenvalue weighted by Crippen LogP contribution is 2.17. The molecule has 6 nitrogen and oxygen atoms in total. The van der Waals surface area contributed by atoms with Crippen molar-refractivity contribution in [2.24, 2.45) is 0 Å². The summed E-state index contributed by atoms with van der Waals surface area (Å²) in [6.45, 7) is 6.61. The van der Waals surface area contributed by atoms with Gasteiger partial charge >= 0.3 is 17.9 Å². The van der Waals surface area contributed by atoms with Crippen molar-refractivity contribution < 1.29 is 28.6 Å². The van der Waals surface area contributed by atoms with Crippen LogP contribution in [0, 0.1) is 0 Å². The van der Waals surface area contributed by atoms with Gasteiger partial charge in [-0.25, -0.2) is 0 Å². The maximum absolute atomic E-state index is 12.9. The maximum atomic E-state index is 12.9. The van der Waals surface area contributed by atoms with Crippen LogP contribution >= 0.6 is 0 Å². The summed E-state index contributed by atoms with van der Waals surface area (Å²) in [7, 11) is 0. The molecule has 1 unspecified atom stereocenters. The Morgan fingerprint density at radius 3 is 0.882 bits per heavy atom. The molecule has 0 aliphatic heterocycles. The fourth-order valence-electron chi connectivity index (χ4n) is 8.83. The molecule has 0 spiro atoms. The summed E-state index contributed by atoms with van der Waals surface area (Å²) >= 11 is 0. The van der Waals surface area contributed by atoms with Gasteiger partial charge in [-0.1, -0.05) is 269 Å². The Bertz CT molecular complexity index is 1140. The van der Waals surface area contributed by atoms with Crippen LogP contribution in [0.15, 0.2) is 36.5 Å². The van der Waals surface area contributed by atoms with E-state index in [1.165, 1.54) is 199 Å². The molecule has 0 saturated heterocycles. The number of hydrogen-bond acceptors (Lipinski definition) is 6. The third-order valence-electron chi connectivity index (χ3n) is 13.3. The molecule has 0 N–H and O–H groups in total. The molecule has 0 aromatic heterocycles. The monoisotopic (exact) mass is 955 g/mol. The van der Waals surface area contributed by atoms with Crippen LogP contribution in [0.4, 0.5) is 0 Å². The molecule has 0 radical (unpaired) electrons. The van der Waals surface area contributed by atoms with Crippen molar-refractivity contribution in [2.75, 3.05) is 13.2 Å². The van der Waals surface area contributed by atoms with E-state index in [1.54, 1.807) is 0 Å². The standard InChI is InChI=1S/C62H114O6/c1-4-7-10-13-16-19-22-25-27-29-31-33-34-37-40-43-46-49-52-55-61(64)67-58-59(57-66-60(63)54-51-48-45-42-39-36-24-21-18-15-12-9-6-3)68-62(65)56-53-50-47-44-41-38-35-32-30-28-26-23-20-17-14-11-8-5-2/h12,15,21,24-25,27,59H,4-11,13-14,16-20,22-23,26,28-58H2,1-3H3/b15-12-,24-21-,27-25-. The minimum absolute atomic E-state index is 0.0740. The molecule has 0 saturated carbocycles. The SMILES string of the molecule is CCC/C=C\C/C=C\CCCCCCCC(=O)OCC(COC(=O)CCCCCCCCCCC/C=C\CCCCCCCC)OC(=O)CCCCCCCCCCCCCCCCCCCC. The minimum atomic E-state index is -0.776. The second-order valence-electron chi connectivity index (χ2n) is 20.3. The first-order valence-electron chi connectivity index (χ1n) is 30.0. The number of carbonyl (C=O) groups is 3. The lowest BCUT2D eigenvalue weighted by Gasteiger charge is -2.18. The molecular weight excluding hydrogens is 841 g/mol. The van der Waals surface area contributed by atoms with Crippen molar-refractivity contribution in [3.05, 3.63) is 36.5 Å². The van der Waals surface area contributed by atoms with Crippen molar-refractivity contribution in [2.45, 2.75) is 329 Å². The molecule has 0 aromatic carbocycles. The van der Waals surface area contributed by atoms with Crippen molar-refractivity contribution in [3.63, 3.8) is 0 Å². The van der Waals surface area contributed by atoms with E-state index in [4.69, 9.17) is 14.2 Å². The molecule has 0 fully saturated rings. The Hall–Kier alpha value is -2.37. The molecule has 0 aromatic rings. The summed E-state index contributed by atoms with van der Waals surface area (Å²) in [5, 5.41) is 0. The molecule has 0 aliphatic carbocycles. The Morgan fingerprint density at radius 1 is 0.294 bits per heavy atom. The van der Waals surface area contributed by atoms with E-state index in [0.717, 1.165) is 83.5 Å². The number of hydrogen-bond donors (Lipinski definition) is 0. The first kappa shape index (κ1) is 65.6. The Kier molecular flexibility index (Phi) is 55.2. The quantitative estimate of drug-likeness (QED) is 0.0262. The van der Waals surface area contributed by atoms with E-state index >= 15 is 0 Å². The van der Waals surface area contributed by atoms with Gasteiger partial charge in [0.1, 0.15) is 13.2 Å². The number of rotatable bonds is 55. The lowest BCUT2D eigenvalue weighted by atomic mass is 10.0.